The Kier molecular flexibility index (Phi) is 4.88. The van der Waals surface area contributed by atoms with Crippen molar-refractivity contribution in [3.63, 3.8) is 0 Å². The maximum atomic E-state index is 6.26. The van der Waals surface area contributed by atoms with Gasteiger partial charge in [0.1, 0.15) is 5.76 Å². The molecule has 0 bridgehead atoms. The zero-order chi connectivity index (χ0) is 13.8. The Morgan fingerprint density at radius 2 is 2.05 bits per heavy atom. The van der Waals surface area contributed by atoms with Crippen LogP contribution >= 0.6 is 23.2 Å². The molecule has 2 N–H and O–H groups in total. The predicted molar refractivity (Wildman–Crippen MR) is 78.4 cm³/mol. The van der Waals surface area contributed by atoms with Crippen LogP contribution in [0, 0.1) is 0 Å². The van der Waals surface area contributed by atoms with E-state index in [9.17, 15) is 0 Å². The second-order valence-corrected chi connectivity index (χ2v) is 5.17. The molecule has 0 amide bonds. The average Bonchev–Trinajstić information content (AvgIpc) is 2.88. The Morgan fingerprint density at radius 1 is 1.26 bits per heavy atom. The van der Waals surface area contributed by atoms with E-state index in [1.54, 1.807) is 12.3 Å². The molecule has 3 nitrogen and oxygen atoms in total. The Bertz CT molecular complexity index is 528. The molecule has 0 aliphatic rings. The van der Waals surface area contributed by atoms with Gasteiger partial charge in [-0.05, 0) is 30.8 Å². The van der Waals surface area contributed by atoms with Gasteiger partial charge in [0, 0.05) is 12.6 Å². The SMILES string of the molecule is CN(Cc1ccco1)C(CN)c1cccc(Cl)c1Cl. The molecule has 102 valence electrons. The van der Waals surface area contributed by atoms with Crippen LogP contribution in [-0.4, -0.2) is 18.5 Å². The number of likely N-dealkylation sites (N-methyl/N-ethyl adjacent to an activating group) is 1. The van der Waals surface area contributed by atoms with Crippen LogP contribution in [0.15, 0.2) is 41.0 Å². The second kappa shape index (κ2) is 6.44. The van der Waals surface area contributed by atoms with E-state index in [2.05, 4.69) is 4.90 Å². The van der Waals surface area contributed by atoms with Crippen LogP contribution in [0.2, 0.25) is 10.0 Å². The van der Waals surface area contributed by atoms with Crippen molar-refractivity contribution < 1.29 is 4.42 Å². The highest BCUT2D eigenvalue weighted by atomic mass is 35.5. The molecule has 1 atom stereocenters. The molecule has 0 spiro atoms. The second-order valence-electron chi connectivity index (χ2n) is 4.39. The van der Waals surface area contributed by atoms with Gasteiger partial charge in [0.05, 0.1) is 22.9 Å². The first kappa shape index (κ1) is 14.4. The fraction of sp³-hybridized carbons (Fsp3) is 0.286. The van der Waals surface area contributed by atoms with Gasteiger partial charge in [0.15, 0.2) is 0 Å². The summed E-state index contributed by atoms with van der Waals surface area (Å²) in [5, 5.41) is 1.11. The highest BCUT2D eigenvalue weighted by Gasteiger charge is 2.20. The molecule has 1 aromatic heterocycles. The standard InChI is InChI=1S/C14H16Cl2N2O/c1-18(9-10-4-3-7-19-10)13(8-17)11-5-2-6-12(15)14(11)16/h2-7,13H,8-9,17H2,1H3. The van der Waals surface area contributed by atoms with E-state index < -0.39 is 0 Å². The van der Waals surface area contributed by atoms with Crippen LogP contribution in [0.5, 0.6) is 0 Å². The number of nitrogens with zero attached hydrogens (tertiary/aromatic N) is 1. The van der Waals surface area contributed by atoms with Gasteiger partial charge in [-0.25, -0.2) is 0 Å². The van der Waals surface area contributed by atoms with Gasteiger partial charge < -0.3 is 10.2 Å². The first-order valence-corrected chi connectivity index (χ1v) is 6.75. The van der Waals surface area contributed by atoms with Gasteiger partial charge in [0.2, 0.25) is 0 Å². The van der Waals surface area contributed by atoms with Crippen molar-refractivity contribution in [2.24, 2.45) is 5.73 Å². The number of rotatable bonds is 5. The number of nitrogens with two attached hydrogens (primary N) is 1. The van der Waals surface area contributed by atoms with E-state index in [0.29, 0.717) is 23.1 Å². The summed E-state index contributed by atoms with van der Waals surface area (Å²) >= 11 is 12.3. The van der Waals surface area contributed by atoms with E-state index >= 15 is 0 Å². The minimum absolute atomic E-state index is 0.00343. The maximum absolute atomic E-state index is 6.26. The lowest BCUT2D eigenvalue weighted by atomic mass is 10.1. The van der Waals surface area contributed by atoms with Gasteiger partial charge >= 0.3 is 0 Å². The molecule has 2 rings (SSSR count). The molecule has 5 heteroatoms. The van der Waals surface area contributed by atoms with Crippen LogP contribution in [0.3, 0.4) is 0 Å². The zero-order valence-electron chi connectivity index (χ0n) is 10.6. The maximum Gasteiger partial charge on any atom is 0.117 e. The predicted octanol–water partition coefficient (Wildman–Crippen LogP) is 3.72. The summed E-state index contributed by atoms with van der Waals surface area (Å²) < 4.78 is 5.35. The normalized spacial score (nSPS) is 12.9. The number of furan rings is 1. The van der Waals surface area contributed by atoms with Crippen molar-refractivity contribution in [2.75, 3.05) is 13.6 Å². The molecule has 0 saturated heterocycles. The molecule has 0 saturated carbocycles. The van der Waals surface area contributed by atoms with Crippen LogP contribution in [0.25, 0.3) is 0 Å². The average molecular weight is 299 g/mol. The van der Waals surface area contributed by atoms with Gasteiger partial charge in [-0.15, -0.1) is 0 Å². The third-order valence-electron chi connectivity index (χ3n) is 3.08. The third kappa shape index (κ3) is 3.31. The lowest BCUT2D eigenvalue weighted by Crippen LogP contribution is -2.30. The van der Waals surface area contributed by atoms with Gasteiger partial charge in [-0.2, -0.15) is 0 Å². The Labute approximate surface area is 122 Å². The molecular formula is C14H16Cl2N2O. The quantitative estimate of drug-likeness (QED) is 0.915. The summed E-state index contributed by atoms with van der Waals surface area (Å²) in [6.07, 6.45) is 1.66. The number of hydrogen-bond acceptors (Lipinski definition) is 3. The Morgan fingerprint density at radius 3 is 2.68 bits per heavy atom. The zero-order valence-corrected chi connectivity index (χ0v) is 12.2. The summed E-state index contributed by atoms with van der Waals surface area (Å²) in [5.74, 6) is 0.888. The van der Waals surface area contributed by atoms with Crippen molar-refractivity contribution in [1.82, 2.24) is 4.90 Å². The number of halogens is 2. The van der Waals surface area contributed by atoms with E-state index in [4.69, 9.17) is 33.4 Å². The lowest BCUT2D eigenvalue weighted by molar-refractivity contribution is 0.223. The van der Waals surface area contributed by atoms with E-state index in [1.807, 2.05) is 31.3 Å². The molecule has 1 aromatic carbocycles. The first-order chi connectivity index (χ1) is 9.13. The molecule has 19 heavy (non-hydrogen) atoms. The summed E-state index contributed by atoms with van der Waals surface area (Å²) in [4.78, 5) is 2.09. The molecule has 0 radical (unpaired) electrons. The smallest absolute Gasteiger partial charge is 0.117 e. The molecule has 1 unspecified atom stereocenters. The first-order valence-electron chi connectivity index (χ1n) is 6.00. The Balaban J connectivity index is 2.21. The van der Waals surface area contributed by atoms with E-state index in [-0.39, 0.29) is 6.04 Å². The van der Waals surface area contributed by atoms with Crippen molar-refractivity contribution >= 4 is 23.2 Å². The highest BCUT2D eigenvalue weighted by Crippen LogP contribution is 2.32. The summed E-state index contributed by atoms with van der Waals surface area (Å²) in [6, 6.07) is 9.40. The minimum atomic E-state index is -0.00343. The molecule has 0 fully saturated rings. The lowest BCUT2D eigenvalue weighted by Gasteiger charge is -2.27. The number of hydrogen-bond donors (Lipinski definition) is 1. The van der Waals surface area contributed by atoms with Crippen molar-refractivity contribution in [3.8, 4) is 0 Å². The molecular weight excluding hydrogens is 283 g/mol. The minimum Gasteiger partial charge on any atom is -0.468 e. The van der Waals surface area contributed by atoms with Gasteiger partial charge in [-0.1, -0.05) is 35.3 Å². The monoisotopic (exact) mass is 298 g/mol. The largest absolute Gasteiger partial charge is 0.468 e. The van der Waals surface area contributed by atoms with Crippen molar-refractivity contribution in [2.45, 2.75) is 12.6 Å². The topological polar surface area (TPSA) is 42.4 Å². The molecule has 2 aromatic rings. The van der Waals surface area contributed by atoms with E-state index in [1.165, 1.54) is 0 Å². The summed E-state index contributed by atoms with van der Waals surface area (Å²) in [5.41, 5.74) is 6.82. The van der Waals surface area contributed by atoms with Crippen molar-refractivity contribution in [1.29, 1.82) is 0 Å². The van der Waals surface area contributed by atoms with Gasteiger partial charge in [0.25, 0.3) is 0 Å². The van der Waals surface area contributed by atoms with Crippen LogP contribution < -0.4 is 5.73 Å². The Hall–Kier alpha value is -1.000. The van der Waals surface area contributed by atoms with Crippen LogP contribution in [0.4, 0.5) is 0 Å². The van der Waals surface area contributed by atoms with E-state index in [0.717, 1.165) is 11.3 Å². The fourth-order valence-corrected chi connectivity index (χ4v) is 2.51. The van der Waals surface area contributed by atoms with Crippen molar-refractivity contribution in [3.05, 3.63) is 58.0 Å². The van der Waals surface area contributed by atoms with Gasteiger partial charge in [-0.3, -0.25) is 4.90 Å². The molecule has 0 aliphatic carbocycles. The number of benzene rings is 1. The molecule has 1 heterocycles. The fourth-order valence-electron chi connectivity index (χ4n) is 2.08. The van der Waals surface area contributed by atoms with Crippen LogP contribution in [-0.2, 0) is 6.54 Å². The summed E-state index contributed by atoms with van der Waals surface area (Å²) in [7, 11) is 1.98. The highest BCUT2D eigenvalue weighted by molar-refractivity contribution is 6.42. The van der Waals surface area contributed by atoms with Crippen LogP contribution in [0.1, 0.15) is 17.4 Å². The third-order valence-corrected chi connectivity index (χ3v) is 3.91. The summed E-state index contributed by atoms with van der Waals surface area (Å²) in [6.45, 7) is 1.12. The molecule has 0 aliphatic heterocycles.